The highest BCUT2D eigenvalue weighted by atomic mass is 19.1. The first kappa shape index (κ1) is 20.7. The molecule has 1 fully saturated rings. The number of benzene rings is 2. The molecular weight excluding hydrogens is 399 g/mol. The number of piperazine rings is 1. The zero-order chi connectivity index (χ0) is 21.8. The van der Waals surface area contributed by atoms with Gasteiger partial charge in [0.2, 0.25) is 5.91 Å². The van der Waals surface area contributed by atoms with Gasteiger partial charge in [0.25, 0.3) is 5.91 Å². The lowest BCUT2D eigenvalue weighted by atomic mass is 10.1. The number of amides is 2. The number of hydrogen-bond donors (Lipinski definition) is 2. The highest BCUT2D eigenvalue weighted by Gasteiger charge is 2.29. The van der Waals surface area contributed by atoms with Crippen molar-refractivity contribution in [3.63, 3.8) is 0 Å². The summed E-state index contributed by atoms with van der Waals surface area (Å²) in [5.74, 6) is -1.05. The summed E-state index contributed by atoms with van der Waals surface area (Å²) in [5.41, 5.74) is 1.97. The fraction of sp³-hybridized carbons (Fsp3) is 0.261. The van der Waals surface area contributed by atoms with Gasteiger partial charge in [-0.1, -0.05) is 18.2 Å². The Balaban J connectivity index is 1.40. The molecule has 2 amide bonds. The van der Waals surface area contributed by atoms with E-state index in [9.17, 15) is 19.1 Å². The Labute approximate surface area is 179 Å². The normalized spacial score (nSPS) is 15.0. The number of nitrogens with zero attached hydrogens (tertiary/aromatic N) is 3. The van der Waals surface area contributed by atoms with Crippen molar-refractivity contribution in [2.75, 3.05) is 37.7 Å². The zero-order valence-electron chi connectivity index (χ0n) is 16.9. The van der Waals surface area contributed by atoms with Gasteiger partial charge in [0, 0.05) is 43.4 Å². The molecular formula is C23H23FN4O3. The summed E-state index contributed by atoms with van der Waals surface area (Å²) in [6.07, 6.45) is 1.54. The van der Waals surface area contributed by atoms with E-state index in [2.05, 4.69) is 15.2 Å². The quantitative estimate of drug-likeness (QED) is 0.655. The Morgan fingerprint density at radius 1 is 1.03 bits per heavy atom. The molecule has 0 saturated carbocycles. The van der Waals surface area contributed by atoms with Gasteiger partial charge in [0.1, 0.15) is 11.9 Å². The summed E-state index contributed by atoms with van der Waals surface area (Å²) < 4.78 is 13.1. The minimum Gasteiger partial charge on any atom is -0.394 e. The van der Waals surface area contributed by atoms with Gasteiger partial charge < -0.3 is 20.2 Å². The number of fused-ring (bicyclic) bond motifs is 1. The molecule has 0 unspecified atom stereocenters. The molecule has 1 atom stereocenters. The van der Waals surface area contributed by atoms with E-state index in [-0.39, 0.29) is 11.7 Å². The van der Waals surface area contributed by atoms with E-state index >= 15 is 0 Å². The number of para-hydroxylation sites is 1. The summed E-state index contributed by atoms with van der Waals surface area (Å²) in [6, 6.07) is 14.1. The number of rotatable bonds is 5. The third kappa shape index (κ3) is 4.49. The SMILES string of the molecule is O=C(N[C@@H](CO)C(=O)N1CCN(c2ccc(F)cc2)CC1)c1ccnc2ccccc12. The maximum Gasteiger partial charge on any atom is 0.252 e. The zero-order valence-corrected chi connectivity index (χ0v) is 16.9. The number of carbonyl (C=O) groups is 2. The molecule has 0 aliphatic carbocycles. The molecule has 1 aliphatic rings. The van der Waals surface area contributed by atoms with E-state index < -0.39 is 18.6 Å². The first-order chi connectivity index (χ1) is 15.1. The van der Waals surface area contributed by atoms with Crippen LogP contribution in [0.15, 0.2) is 60.8 Å². The van der Waals surface area contributed by atoms with Crippen LogP contribution >= 0.6 is 0 Å². The van der Waals surface area contributed by atoms with Gasteiger partial charge in [0.05, 0.1) is 17.7 Å². The molecule has 2 aromatic carbocycles. The number of aromatic nitrogens is 1. The lowest BCUT2D eigenvalue weighted by Gasteiger charge is -2.37. The molecule has 1 aromatic heterocycles. The molecule has 1 saturated heterocycles. The van der Waals surface area contributed by atoms with Crippen molar-refractivity contribution >= 4 is 28.4 Å². The van der Waals surface area contributed by atoms with Crippen LogP contribution in [0.25, 0.3) is 10.9 Å². The molecule has 2 heterocycles. The van der Waals surface area contributed by atoms with E-state index in [4.69, 9.17) is 0 Å². The fourth-order valence-electron chi connectivity index (χ4n) is 3.77. The lowest BCUT2D eigenvalue weighted by molar-refractivity contribution is -0.134. The molecule has 2 N–H and O–H groups in total. The summed E-state index contributed by atoms with van der Waals surface area (Å²) in [6.45, 7) is 1.56. The van der Waals surface area contributed by atoms with Crippen LogP contribution < -0.4 is 10.2 Å². The number of halogens is 1. The number of aliphatic hydroxyl groups excluding tert-OH is 1. The minimum absolute atomic E-state index is 0.291. The van der Waals surface area contributed by atoms with Gasteiger partial charge in [-0.25, -0.2) is 4.39 Å². The number of anilines is 1. The number of aliphatic hydroxyl groups is 1. The monoisotopic (exact) mass is 422 g/mol. The van der Waals surface area contributed by atoms with Crippen molar-refractivity contribution in [3.05, 3.63) is 72.2 Å². The van der Waals surface area contributed by atoms with Crippen LogP contribution in [0.5, 0.6) is 0 Å². The van der Waals surface area contributed by atoms with Gasteiger partial charge in [-0.05, 0) is 36.4 Å². The Kier molecular flexibility index (Phi) is 6.08. The van der Waals surface area contributed by atoms with Crippen LogP contribution in [-0.2, 0) is 4.79 Å². The number of nitrogens with one attached hydrogen (secondary N) is 1. The minimum atomic E-state index is -1.03. The van der Waals surface area contributed by atoms with E-state index in [0.717, 1.165) is 5.69 Å². The smallest absolute Gasteiger partial charge is 0.252 e. The predicted molar refractivity (Wildman–Crippen MR) is 115 cm³/mol. The molecule has 4 rings (SSSR count). The van der Waals surface area contributed by atoms with Crippen LogP contribution in [-0.4, -0.2) is 65.6 Å². The van der Waals surface area contributed by atoms with Gasteiger partial charge in [0.15, 0.2) is 0 Å². The second kappa shape index (κ2) is 9.09. The Morgan fingerprint density at radius 3 is 2.45 bits per heavy atom. The standard InChI is InChI=1S/C23H23FN4O3/c24-16-5-7-17(8-6-16)27-11-13-28(14-12-27)23(31)21(15-29)26-22(30)19-9-10-25-20-4-2-1-3-18(19)20/h1-10,21,29H,11-15H2,(H,26,30)/t21-/m0/s1. The molecule has 31 heavy (non-hydrogen) atoms. The van der Waals surface area contributed by atoms with Gasteiger partial charge in [-0.15, -0.1) is 0 Å². The molecule has 0 spiro atoms. The Hall–Kier alpha value is -3.52. The average molecular weight is 422 g/mol. The van der Waals surface area contributed by atoms with E-state index in [0.29, 0.717) is 42.6 Å². The Morgan fingerprint density at radius 2 is 1.74 bits per heavy atom. The van der Waals surface area contributed by atoms with Crippen LogP contribution in [0, 0.1) is 5.82 Å². The van der Waals surface area contributed by atoms with E-state index in [1.165, 1.54) is 12.1 Å². The topological polar surface area (TPSA) is 85.8 Å². The third-order valence-electron chi connectivity index (χ3n) is 5.46. The second-order valence-corrected chi connectivity index (χ2v) is 7.37. The van der Waals surface area contributed by atoms with Crippen molar-refractivity contribution in [2.45, 2.75) is 6.04 Å². The van der Waals surface area contributed by atoms with Crippen LogP contribution in [0.4, 0.5) is 10.1 Å². The number of carbonyl (C=O) groups excluding carboxylic acids is 2. The highest BCUT2D eigenvalue weighted by molar-refractivity contribution is 6.07. The van der Waals surface area contributed by atoms with Crippen LogP contribution in [0.3, 0.4) is 0 Å². The van der Waals surface area contributed by atoms with Crippen LogP contribution in [0.1, 0.15) is 10.4 Å². The summed E-state index contributed by atoms with van der Waals surface area (Å²) in [7, 11) is 0. The van der Waals surface area contributed by atoms with Gasteiger partial charge >= 0.3 is 0 Å². The van der Waals surface area contributed by atoms with Gasteiger partial charge in [-0.2, -0.15) is 0 Å². The summed E-state index contributed by atoms with van der Waals surface area (Å²) in [4.78, 5) is 33.7. The molecule has 0 bridgehead atoms. The maximum atomic E-state index is 13.1. The number of hydrogen-bond acceptors (Lipinski definition) is 5. The summed E-state index contributed by atoms with van der Waals surface area (Å²) >= 11 is 0. The molecule has 8 heteroatoms. The van der Waals surface area contributed by atoms with Crippen molar-refractivity contribution in [1.29, 1.82) is 0 Å². The predicted octanol–water partition coefficient (Wildman–Crippen LogP) is 1.81. The van der Waals surface area contributed by atoms with Crippen molar-refractivity contribution < 1.29 is 19.1 Å². The van der Waals surface area contributed by atoms with Crippen molar-refractivity contribution in [2.24, 2.45) is 0 Å². The molecule has 7 nitrogen and oxygen atoms in total. The Bertz CT molecular complexity index is 1080. The largest absolute Gasteiger partial charge is 0.394 e. The first-order valence-electron chi connectivity index (χ1n) is 10.1. The van der Waals surface area contributed by atoms with Crippen molar-refractivity contribution in [3.8, 4) is 0 Å². The average Bonchev–Trinajstić information content (AvgIpc) is 2.82. The highest BCUT2D eigenvalue weighted by Crippen LogP contribution is 2.18. The van der Waals surface area contributed by atoms with Gasteiger partial charge in [-0.3, -0.25) is 14.6 Å². The maximum absolute atomic E-state index is 13.1. The fourth-order valence-corrected chi connectivity index (χ4v) is 3.77. The molecule has 1 aliphatic heterocycles. The van der Waals surface area contributed by atoms with E-state index in [1.54, 1.807) is 41.4 Å². The third-order valence-corrected chi connectivity index (χ3v) is 5.46. The summed E-state index contributed by atoms with van der Waals surface area (Å²) in [5, 5.41) is 13.1. The lowest BCUT2D eigenvalue weighted by Crippen LogP contribution is -2.56. The molecule has 160 valence electrons. The van der Waals surface area contributed by atoms with Crippen LogP contribution in [0.2, 0.25) is 0 Å². The van der Waals surface area contributed by atoms with Crippen molar-refractivity contribution in [1.82, 2.24) is 15.2 Å². The number of pyridine rings is 1. The van der Waals surface area contributed by atoms with E-state index in [1.807, 2.05) is 12.1 Å². The second-order valence-electron chi connectivity index (χ2n) is 7.37. The first-order valence-corrected chi connectivity index (χ1v) is 10.1. The molecule has 3 aromatic rings. The molecule has 0 radical (unpaired) electrons.